The van der Waals surface area contributed by atoms with Crippen LogP contribution in [-0.4, -0.2) is 5.78 Å². The van der Waals surface area contributed by atoms with Gasteiger partial charge in [0.1, 0.15) is 0 Å². The number of ketones is 1. The van der Waals surface area contributed by atoms with Gasteiger partial charge in [0.2, 0.25) is 0 Å². The molecule has 1 nitrogen and oxygen atoms in total. The van der Waals surface area contributed by atoms with Crippen LogP contribution in [0, 0.1) is 0 Å². The minimum Gasteiger partial charge on any atom is -0.289 e. The maximum absolute atomic E-state index is 12.9. The fourth-order valence-electron chi connectivity index (χ4n) is 1.69. The SMILES string of the molecule is O=C(c1ccccc1)c1ccc(Br)cc1C(F)(F)F. The normalized spacial score (nSPS) is 11.4. The van der Waals surface area contributed by atoms with Crippen molar-refractivity contribution in [1.29, 1.82) is 0 Å². The standard InChI is InChI=1S/C14H8BrF3O/c15-10-6-7-11(12(8-10)14(16,17)18)13(19)9-4-2-1-3-5-9/h1-8H. The first-order chi connectivity index (χ1) is 8.89. The molecule has 0 bridgehead atoms. The summed E-state index contributed by atoms with van der Waals surface area (Å²) < 4.78 is 39.1. The zero-order valence-electron chi connectivity index (χ0n) is 9.54. The number of alkyl halides is 3. The number of carbonyl (C=O) groups is 1. The van der Waals surface area contributed by atoms with Crippen LogP contribution in [0.15, 0.2) is 53.0 Å². The molecule has 5 heteroatoms. The molecule has 0 saturated heterocycles. The lowest BCUT2D eigenvalue weighted by Gasteiger charge is -2.12. The molecular formula is C14H8BrF3O. The predicted octanol–water partition coefficient (Wildman–Crippen LogP) is 4.70. The zero-order valence-corrected chi connectivity index (χ0v) is 11.1. The van der Waals surface area contributed by atoms with E-state index in [9.17, 15) is 18.0 Å². The molecule has 2 rings (SSSR count). The van der Waals surface area contributed by atoms with Crippen molar-refractivity contribution in [3.63, 3.8) is 0 Å². The summed E-state index contributed by atoms with van der Waals surface area (Å²) in [4.78, 5) is 12.1. The first kappa shape index (κ1) is 13.8. The van der Waals surface area contributed by atoms with Gasteiger partial charge >= 0.3 is 6.18 Å². The van der Waals surface area contributed by atoms with Crippen molar-refractivity contribution in [1.82, 2.24) is 0 Å². The van der Waals surface area contributed by atoms with Gasteiger partial charge in [0, 0.05) is 15.6 Å². The van der Waals surface area contributed by atoms with Gasteiger partial charge in [-0.15, -0.1) is 0 Å². The van der Waals surface area contributed by atoms with Crippen LogP contribution in [0.2, 0.25) is 0 Å². The molecule has 0 radical (unpaired) electrons. The highest BCUT2D eigenvalue weighted by atomic mass is 79.9. The summed E-state index contributed by atoms with van der Waals surface area (Å²) in [5.74, 6) is -0.638. The fourth-order valence-corrected chi connectivity index (χ4v) is 2.06. The number of rotatable bonds is 2. The van der Waals surface area contributed by atoms with Gasteiger partial charge in [0.25, 0.3) is 0 Å². The monoisotopic (exact) mass is 328 g/mol. The zero-order chi connectivity index (χ0) is 14.0. The third-order valence-electron chi connectivity index (χ3n) is 2.57. The Kier molecular flexibility index (Phi) is 3.75. The van der Waals surface area contributed by atoms with E-state index in [1.807, 2.05) is 0 Å². The molecule has 2 aromatic carbocycles. The molecule has 2 aromatic rings. The minimum atomic E-state index is -4.57. The van der Waals surface area contributed by atoms with Gasteiger partial charge in [-0.05, 0) is 18.2 Å². The lowest BCUT2D eigenvalue weighted by atomic mass is 9.98. The van der Waals surface area contributed by atoms with Crippen LogP contribution in [0.4, 0.5) is 13.2 Å². The van der Waals surface area contributed by atoms with Crippen molar-refractivity contribution in [2.24, 2.45) is 0 Å². The van der Waals surface area contributed by atoms with E-state index < -0.39 is 17.5 Å². The van der Waals surface area contributed by atoms with Crippen LogP contribution in [0.3, 0.4) is 0 Å². The number of hydrogen-bond acceptors (Lipinski definition) is 1. The van der Waals surface area contributed by atoms with E-state index in [2.05, 4.69) is 15.9 Å². The van der Waals surface area contributed by atoms with E-state index in [0.29, 0.717) is 0 Å². The topological polar surface area (TPSA) is 17.1 Å². The van der Waals surface area contributed by atoms with E-state index in [0.717, 1.165) is 6.07 Å². The molecule has 0 spiro atoms. The number of halogens is 4. The van der Waals surface area contributed by atoms with E-state index in [-0.39, 0.29) is 15.6 Å². The number of benzene rings is 2. The Hall–Kier alpha value is -1.62. The van der Waals surface area contributed by atoms with Crippen molar-refractivity contribution in [2.75, 3.05) is 0 Å². The van der Waals surface area contributed by atoms with Crippen LogP contribution in [0.1, 0.15) is 21.5 Å². The highest BCUT2D eigenvalue weighted by molar-refractivity contribution is 9.10. The summed E-state index contributed by atoms with van der Waals surface area (Å²) in [5.41, 5.74) is -1.05. The molecule has 0 aliphatic carbocycles. The van der Waals surface area contributed by atoms with Gasteiger partial charge in [0.05, 0.1) is 5.56 Å². The first-order valence-corrected chi connectivity index (χ1v) is 6.15. The summed E-state index contributed by atoms with van der Waals surface area (Å²) in [6, 6.07) is 11.4. The highest BCUT2D eigenvalue weighted by Crippen LogP contribution is 2.34. The Labute approximate surface area is 116 Å². The molecule has 0 atom stereocenters. The van der Waals surface area contributed by atoms with Gasteiger partial charge in [0.15, 0.2) is 5.78 Å². The molecule has 0 aliphatic heterocycles. The molecule has 0 unspecified atom stereocenters. The fraction of sp³-hybridized carbons (Fsp3) is 0.0714. The molecule has 0 heterocycles. The van der Waals surface area contributed by atoms with Crippen LogP contribution >= 0.6 is 15.9 Å². The summed E-state index contributed by atoms with van der Waals surface area (Å²) in [7, 11) is 0. The van der Waals surface area contributed by atoms with Crippen LogP contribution < -0.4 is 0 Å². The third-order valence-corrected chi connectivity index (χ3v) is 3.06. The smallest absolute Gasteiger partial charge is 0.289 e. The van der Waals surface area contributed by atoms with Crippen LogP contribution in [0.25, 0.3) is 0 Å². The van der Waals surface area contributed by atoms with Crippen LogP contribution in [-0.2, 0) is 6.18 Å². The average molecular weight is 329 g/mol. The largest absolute Gasteiger partial charge is 0.417 e. The van der Waals surface area contributed by atoms with E-state index >= 15 is 0 Å². The molecular weight excluding hydrogens is 321 g/mol. The van der Waals surface area contributed by atoms with Gasteiger partial charge in [-0.2, -0.15) is 13.2 Å². The van der Waals surface area contributed by atoms with E-state index in [1.165, 1.54) is 24.3 Å². The summed E-state index contributed by atoms with van der Waals surface area (Å²) in [5, 5.41) is 0. The van der Waals surface area contributed by atoms with Gasteiger partial charge < -0.3 is 0 Å². The second kappa shape index (κ2) is 5.17. The Morgan fingerprint density at radius 1 is 1.00 bits per heavy atom. The summed E-state index contributed by atoms with van der Waals surface area (Å²) in [6.45, 7) is 0. The second-order valence-corrected chi connectivity index (χ2v) is 4.80. The first-order valence-electron chi connectivity index (χ1n) is 5.36. The van der Waals surface area contributed by atoms with Crippen molar-refractivity contribution in [3.8, 4) is 0 Å². The average Bonchev–Trinajstić information content (AvgIpc) is 2.38. The van der Waals surface area contributed by atoms with Crippen molar-refractivity contribution in [3.05, 3.63) is 69.7 Å². The van der Waals surface area contributed by atoms with Gasteiger partial charge in [-0.3, -0.25) is 4.79 Å². The van der Waals surface area contributed by atoms with E-state index in [4.69, 9.17) is 0 Å². The highest BCUT2D eigenvalue weighted by Gasteiger charge is 2.35. The summed E-state index contributed by atoms with van der Waals surface area (Å²) in [6.07, 6.45) is -4.57. The number of hydrogen-bond donors (Lipinski definition) is 0. The van der Waals surface area contributed by atoms with Crippen molar-refractivity contribution >= 4 is 21.7 Å². The maximum atomic E-state index is 12.9. The Morgan fingerprint density at radius 3 is 2.21 bits per heavy atom. The summed E-state index contributed by atoms with van der Waals surface area (Å²) >= 11 is 2.98. The maximum Gasteiger partial charge on any atom is 0.417 e. The lowest BCUT2D eigenvalue weighted by molar-refractivity contribution is -0.137. The number of carbonyl (C=O) groups excluding carboxylic acids is 1. The Balaban J connectivity index is 2.54. The molecule has 0 saturated carbocycles. The molecule has 0 aliphatic rings. The minimum absolute atomic E-state index is 0.232. The molecule has 19 heavy (non-hydrogen) atoms. The molecule has 0 fully saturated rings. The van der Waals surface area contributed by atoms with Crippen LogP contribution in [0.5, 0.6) is 0 Å². The predicted molar refractivity (Wildman–Crippen MR) is 69.0 cm³/mol. The van der Waals surface area contributed by atoms with E-state index in [1.54, 1.807) is 18.2 Å². The van der Waals surface area contributed by atoms with Gasteiger partial charge in [-0.25, -0.2) is 0 Å². The Morgan fingerprint density at radius 2 is 1.63 bits per heavy atom. The quantitative estimate of drug-likeness (QED) is 0.730. The van der Waals surface area contributed by atoms with Crippen molar-refractivity contribution < 1.29 is 18.0 Å². The molecule has 0 amide bonds. The van der Waals surface area contributed by atoms with Crippen molar-refractivity contribution in [2.45, 2.75) is 6.18 Å². The van der Waals surface area contributed by atoms with Gasteiger partial charge in [-0.1, -0.05) is 46.3 Å². The third kappa shape index (κ3) is 3.04. The second-order valence-electron chi connectivity index (χ2n) is 3.88. The molecule has 0 aromatic heterocycles. The molecule has 0 N–H and O–H groups in total. The molecule has 98 valence electrons. The lowest BCUT2D eigenvalue weighted by Crippen LogP contribution is -2.13. The Bertz CT molecular complexity index is 606.